The van der Waals surface area contributed by atoms with Crippen LogP contribution in [0.3, 0.4) is 0 Å². The quantitative estimate of drug-likeness (QED) is 0.289. The number of hydrogen-bond acceptors (Lipinski definition) is 4. The molecule has 1 rings (SSSR count). The summed E-state index contributed by atoms with van der Waals surface area (Å²) in [5.41, 5.74) is -1.04. The summed E-state index contributed by atoms with van der Waals surface area (Å²) >= 11 is 0. The third-order valence-electron chi connectivity index (χ3n) is 2.50. The van der Waals surface area contributed by atoms with Crippen LogP contribution in [0.4, 0.5) is 13.2 Å². The second kappa shape index (κ2) is 6.40. The second-order valence-electron chi connectivity index (χ2n) is 5.54. The van der Waals surface area contributed by atoms with Crippen molar-refractivity contribution in [2.24, 2.45) is 5.16 Å². The van der Waals surface area contributed by atoms with Gasteiger partial charge in [0.05, 0.1) is 0 Å². The minimum absolute atomic E-state index is 0.0606. The highest BCUT2D eigenvalue weighted by Gasteiger charge is 2.34. The van der Waals surface area contributed by atoms with Crippen LogP contribution in [-0.4, -0.2) is 35.7 Å². The first-order chi connectivity index (χ1) is 9.13. The lowest BCUT2D eigenvalue weighted by atomic mass is 10.5. The Labute approximate surface area is 116 Å². The molecule has 20 heavy (non-hydrogen) atoms. The Morgan fingerprint density at radius 3 is 2.60 bits per heavy atom. The number of ether oxygens (including phenoxy) is 1. The molecule has 0 radical (unpaired) electrons. The van der Waals surface area contributed by atoms with Crippen molar-refractivity contribution in [2.75, 3.05) is 6.61 Å². The molecule has 0 amide bonds. The second-order valence-corrected chi connectivity index (χ2v) is 11.2. The molecule has 1 aromatic heterocycles. The van der Waals surface area contributed by atoms with E-state index in [9.17, 15) is 13.2 Å². The Balaban J connectivity index is 2.71. The third-order valence-corrected chi connectivity index (χ3v) is 4.20. The van der Waals surface area contributed by atoms with Gasteiger partial charge in [-0.1, -0.05) is 24.8 Å². The number of aromatic nitrogens is 2. The Morgan fingerprint density at radius 2 is 2.10 bits per heavy atom. The van der Waals surface area contributed by atoms with Crippen LogP contribution < -0.4 is 0 Å². The summed E-state index contributed by atoms with van der Waals surface area (Å²) in [4.78, 5) is 3.36. The minimum atomic E-state index is -4.54. The van der Waals surface area contributed by atoms with Gasteiger partial charge in [-0.25, -0.2) is 4.98 Å². The van der Waals surface area contributed by atoms with E-state index in [0.29, 0.717) is 6.61 Å². The maximum Gasteiger partial charge on any atom is 0.434 e. The molecule has 0 saturated heterocycles. The van der Waals surface area contributed by atoms with Gasteiger partial charge >= 0.3 is 6.18 Å². The van der Waals surface area contributed by atoms with Gasteiger partial charge in [0.1, 0.15) is 12.9 Å². The molecule has 5 nitrogen and oxygen atoms in total. The number of oxime groups is 1. The lowest BCUT2D eigenvalue weighted by molar-refractivity contribution is -0.141. The summed E-state index contributed by atoms with van der Waals surface area (Å²) in [5.74, 6) is -0.104. The number of hydrogen-bond donors (Lipinski definition) is 1. The Hall–Kier alpha value is -1.35. The van der Waals surface area contributed by atoms with E-state index in [4.69, 9.17) is 9.94 Å². The monoisotopic (exact) mass is 309 g/mol. The van der Waals surface area contributed by atoms with Gasteiger partial charge in [-0.15, -0.1) is 0 Å². The number of alkyl halides is 3. The fraction of sp³-hybridized carbons (Fsp3) is 0.636. The summed E-state index contributed by atoms with van der Waals surface area (Å²) in [5, 5.41) is 11.1. The standard InChI is InChI=1S/C11H18F3N3O2Si/c1-20(2,3)5-4-19-8-17-7-9(11(12,13)14)16-10(17)6-15-18/h6-7,18H,4-5,8H2,1-3H3/b15-6+. The van der Waals surface area contributed by atoms with Crippen molar-refractivity contribution in [3.63, 3.8) is 0 Å². The molecule has 1 N–H and O–H groups in total. The van der Waals surface area contributed by atoms with E-state index in [0.717, 1.165) is 23.0 Å². The van der Waals surface area contributed by atoms with E-state index >= 15 is 0 Å². The number of rotatable bonds is 6. The zero-order chi connectivity index (χ0) is 15.4. The smallest absolute Gasteiger partial charge is 0.411 e. The van der Waals surface area contributed by atoms with Crippen molar-refractivity contribution in [1.29, 1.82) is 0 Å². The Kier molecular flexibility index (Phi) is 5.34. The Morgan fingerprint density at radius 1 is 1.45 bits per heavy atom. The minimum Gasteiger partial charge on any atom is -0.411 e. The van der Waals surface area contributed by atoms with E-state index in [1.807, 2.05) is 0 Å². The number of nitrogens with zero attached hydrogens (tertiary/aromatic N) is 3. The van der Waals surface area contributed by atoms with Gasteiger partial charge in [-0.05, 0) is 6.04 Å². The van der Waals surface area contributed by atoms with Crippen LogP contribution in [0.5, 0.6) is 0 Å². The van der Waals surface area contributed by atoms with Crippen LogP contribution in [0.25, 0.3) is 0 Å². The molecule has 0 spiro atoms. The average Bonchev–Trinajstić information content (AvgIpc) is 2.67. The van der Waals surface area contributed by atoms with E-state index < -0.39 is 19.9 Å². The van der Waals surface area contributed by atoms with Gasteiger partial charge in [0.2, 0.25) is 0 Å². The highest BCUT2D eigenvalue weighted by atomic mass is 28.3. The molecule has 1 aromatic rings. The Bertz CT molecular complexity index is 466. The summed E-state index contributed by atoms with van der Waals surface area (Å²) < 4.78 is 44.2. The van der Waals surface area contributed by atoms with Crippen LogP contribution in [0.1, 0.15) is 11.5 Å². The first kappa shape index (κ1) is 16.7. The predicted molar refractivity (Wildman–Crippen MR) is 70.7 cm³/mol. The first-order valence-corrected chi connectivity index (χ1v) is 9.74. The summed E-state index contributed by atoms with van der Waals surface area (Å²) in [6.07, 6.45) is -2.86. The number of halogens is 3. The fourth-order valence-corrected chi connectivity index (χ4v) is 2.12. The van der Waals surface area contributed by atoms with Crippen LogP contribution in [-0.2, 0) is 17.6 Å². The van der Waals surface area contributed by atoms with Crippen LogP contribution in [0, 0.1) is 0 Å². The molecule has 0 aliphatic rings. The summed E-state index contributed by atoms with van der Waals surface area (Å²) in [6.45, 7) is 6.96. The molecule has 0 bridgehead atoms. The van der Waals surface area contributed by atoms with E-state index in [2.05, 4.69) is 29.8 Å². The zero-order valence-electron chi connectivity index (χ0n) is 11.6. The molecule has 0 fully saturated rings. The SMILES string of the molecule is C[Si](C)(C)CCOCn1cc(C(F)(F)F)nc1/C=N/O. The molecule has 0 unspecified atom stereocenters. The number of imidazole rings is 1. The van der Waals surface area contributed by atoms with Gasteiger partial charge < -0.3 is 14.5 Å². The topological polar surface area (TPSA) is 59.6 Å². The molecule has 0 atom stereocenters. The molecule has 0 aliphatic heterocycles. The molecule has 0 aromatic carbocycles. The van der Waals surface area contributed by atoms with Crippen molar-refractivity contribution in [3.8, 4) is 0 Å². The molecule has 0 saturated carbocycles. The lowest BCUT2D eigenvalue weighted by Crippen LogP contribution is -2.22. The van der Waals surface area contributed by atoms with Crippen LogP contribution >= 0.6 is 0 Å². The van der Waals surface area contributed by atoms with Gasteiger partial charge in [0.15, 0.2) is 11.5 Å². The largest absolute Gasteiger partial charge is 0.434 e. The van der Waals surface area contributed by atoms with E-state index in [-0.39, 0.29) is 12.6 Å². The van der Waals surface area contributed by atoms with Crippen molar-refractivity contribution in [1.82, 2.24) is 9.55 Å². The van der Waals surface area contributed by atoms with Gasteiger partial charge in [0.25, 0.3) is 0 Å². The molecule has 114 valence electrons. The maximum absolute atomic E-state index is 12.5. The van der Waals surface area contributed by atoms with Crippen molar-refractivity contribution >= 4 is 14.3 Å². The molecular weight excluding hydrogens is 291 g/mol. The van der Waals surface area contributed by atoms with Gasteiger partial charge in [0, 0.05) is 20.9 Å². The van der Waals surface area contributed by atoms with Gasteiger partial charge in [-0.2, -0.15) is 13.2 Å². The zero-order valence-corrected chi connectivity index (χ0v) is 12.6. The maximum atomic E-state index is 12.5. The first-order valence-electron chi connectivity index (χ1n) is 6.03. The van der Waals surface area contributed by atoms with E-state index in [1.54, 1.807) is 0 Å². The molecule has 1 heterocycles. The molecule has 0 aliphatic carbocycles. The van der Waals surface area contributed by atoms with Crippen molar-refractivity contribution in [3.05, 3.63) is 17.7 Å². The predicted octanol–water partition coefficient (Wildman–Crippen LogP) is 3.02. The normalized spacial score (nSPS) is 13.3. The lowest BCUT2D eigenvalue weighted by Gasteiger charge is -2.15. The summed E-state index contributed by atoms with van der Waals surface area (Å²) in [7, 11) is -1.25. The van der Waals surface area contributed by atoms with Crippen molar-refractivity contribution in [2.45, 2.75) is 38.6 Å². The van der Waals surface area contributed by atoms with E-state index in [1.165, 1.54) is 0 Å². The third kappa shape index (κ3) is 5.33. The van der Waals surface area contributed by atoms with Crippen LogP contribution in [0.2, 0.25) is 25.7 Å². The summed E-state index contributed by atoms with van der Waals surface area (Å²) in [6, 6.07) is 0.914. The van der Waals surface area contributed by atoms with Crippen LogP contribution in [0.15, 0.2) is 11.4 Å². The van der Waals surface area contributed by atoms with Gasteiger partial charge in [-0.3, -0.25) is 0 Å². The van der Waals surface area contributed by atoms with Crippen molar-refractivity contribution < 1.29 is 23.1 Å². The highest BCUT2D eigenvalue weighted by Crippen LogP contribution is 2.28. The fourth-order valence-electron chi connectivity index (χ4n) is 1.37. The molecule has 9 heteroatoms. The highest BCUT2D eigenvalue weighted by molar-refractivity contribution is 6.76. The average molecular weight is 309 g/mol. The molecular formula is C11H18F3N3O2Si.